The molecule has 2 rings (SSSR count). The van der Waals surface area contributed by atoms with Gasteiger partial charge in [-0.25, -0.2) is 4.79 Å². The Morgan fingerprint density at radius 2 is 2.05 bits per heavy atom. The average molecular weight is 295 g/mol. The molecule has 1 saturated heterocycles. The summed E-state index contributed by atoms with van der Waals surface area (Å²) >= 11 is 0. The Kier molecular flexibility index (Phi) is 4.50. The molecular formula is C14H21N3O4. The molecule has 21 heavy (non-hydrogen) atoms. The van der Waals surface area contributed by atoms with Gasteiger partial charge in [-0.15, -0.1) is 0 Å². The second-order valence-electron chi connectivity index (χ2n) is 6.03. The minimum absolute atomic E-state index is 0.125. The predicted octanol–water partition coefficient (Wildman–Crippen LogP) is 1.94. The van der Waals surface area contributed by atoms with Crippen LogP contribution in [0, 0.1) is 0 Å². The first-order valence-corrected chi connectivity index (χ1v) is 7.07. The van der Waals surface area contributed by atoms with Crippen LogP contribution in [0.3, 0.4) is 0 Å². The standard InChI is InChI=1S/C14H21N3O4/c1-14(2,3)20-13(19)15-9-10-8-11(16-21-10)12(18)17-6-4-5-7-17/h8H,4-7,9H2,1-3H3,(H,15,19). The van der Waals surface area contributed by atoms with Crippen LogP contribution < -0.4 is 5.32 Å². The van der Waals surface area contributed by atoms with Gasteiger partial charge in [-0.2, -0.15) is 0 Å². The molecule has 2 heterocycles. The quantitative estimate of drug-likeness (QED) is 0.921. The van der Waals surface area contributed by atoms with Crippen molar-refractivity contribution in [2.45, 2.75) is 45.8 Å². The van der Waals surface area contributed by atoms with E-state index in [0.29, 0.717) is 5.76 Å². The van der Waals surface area contributed by atoms with Gasteiger partial charge >= 0.3 is 6.09 Å². The molecular weight excluding hydrogens is 274 g/mol. The monoisotopic (exact) mass is 295 g/mol. The Bertz CT molecular complexity index is 513. The number of nitrogens with one attached hydrogen (secondary N) is 1. The molecule has 0 atom stereocenters. The predicted molar refractivity (Wildman–Crippen MR) is 74.7 cm³/mol. The van der Waals surface area contributed by atoms with Crippen molar-refractivity contribution in [3.8, 4) is 0 Å². The SMILES string of the molecule is CC(C)(C)OC(=O)NCc1cc(C(=O)N2CCCC2)no1. The van der Waals surface area contributed by atoms with E-state index in [9.17, 15) is 9.59 Å². The third kappa shape index (κ3) is 4.47. The van der Waals surface area contributed by atoms with Crippen molar-refractivity contribution in [1.82, 2.24) is 15.4 Å². The van der Waals surface area contributed by atoms with Crippen LogP contribution in [-0.4, -0.2) is 40.7 Å². The summed E-state index contributed by atoms with van der Waals surface area (Å²) in [6.07, 6.45) is 1.51. The Morgan fingerprint density at radius 3 is 2.67 bits per heavy atom. The summed E-state index contributed by atoms with van der Waals surface area (Å²) in [5.41, 5.74) is -0.277. The fraction of sp³-hybridized carbons (Fsp3) is 0.643. The third-order valence-electron chi connectivity index (χ3n) is 2.98. The molecule has 1 aromatic heterocycles. The molecule has 0 spiro atoms. The lowest BCUT2D eigenvalue weighted by molar-refractivity contribution is 0.0518. The van der Waals surface area contributed by atoms with E-state index < -0.39 is 11.7 Å². The second-order valence-corrected chi connectivity index (χ2v) is 6.03. The van der Waals surface area contributed by atoms with Crippen molar-refractivity contribution in [1.29, 1.82) is 0 Å². The second kappa shape index (κ2) is 6.15. The number of nitrogens with zero attached hydrogens (tertiary/aromatic N) is 2. The van der Waals surface area contributed by atoms with Gasteiger partial charge in [0.05, 0.1) is 6.54 Å². The minimum atomic E-state index is -0.553. The number of carbonyl (C=O) groups is 2. The lowest BCUT2D eigenvalue weighted by atomic mass is 10.2. The lowest BCUT2D eigenvalue weighted by Crippen LogP contribution is -2.32. The van der Waals surface area contributed by atoms with E-state index in [4.69, 9.17) is 9.26 Å². The highest BCUT2D eigenvalue weighted by atomic mass is 16.6. The molecule has 1 aliphatic rings. The van der Waals surface area contributed by atoms with E-state index >= 15 is 0 Å². The number of alkyl carbamates (subject to hydrolysis) is 1. The van der Waals surface area contributed by atoms with Crippen LogP contribution in [0.4, 0.5) is 4.79 Å². The van der Waals surface area contributed by atoms with Crippen molar-refractivity contribution in [2.75, 3.05) is 13.1 Å². The van der Waals surface area contributed by atoms with E-state index in [-0.39, 0.29) is 18.1 Å². The first kappa shape index (κ1) is 15.3. The number of hydrogen-bond acceptors (Lipinski definition) is 5. The summed E-state index contributed by atoms with van der Waals surface area (Å²) in [6, 6.07) is 1.55. The lowest BCUT2D eigenvalue weighted by Gasteiger charge is -2.19. The van der Waals surface area contributed by atoms with Crippen molar-refractivity contribution in [2.24, 2.45) is 0 Å². The summed E-state index contributed by atoms with van der Waals surface area (Å²) in [7, 11) is 0. The van der Waals surface area contributed by atoms with Crippen LogP contribution in [-0.2, 0) is 11.3 Å². The fourth-order valence-corrected chi connectivity index (χ4v) is 2.05. The number of likely N-dealkylation sites (tertiary alicyclic amines) is 1. The molecule has 0 aromatic carbocycles. The maximum Gasteiger partial charge on any atom is 0.408 e. The van der Waals surface area contributed by atoms with Crippen molar-refractivity contribution < 1.29 is 18.8 Å². The van der Waals surface area contributed by atoms with Gasteiger partial charge in [-0.05, 0) is 33.6 Å². The normalized spacial score (nSPS) is 15.1. The third-order valence-corrected chi connectivity index (χ3v) is 2.98. The molecule has 1 aliphatic heterocycles. The van der Waals surface area contributed by atoms with Gasteiger partial charge in [0.1, 0.15) is 5.60 Å². The fourth-order valence-electron chi connectivity index (χ4n) is 2.05. The highest BCUT2D eigenvalue weighted by molar-refractivity contribution is 5.92. The van der Waals surface area contributed by atoms with Gasteiger partial charge in [0, 0.05) is 19.2 Å². The molecule has 0 unspecified atom stereocenters. The van der Waals surface area contributed by atoms with Crippen LogP contribution in [0.2, 0.25) is 0 Å². The van der Waals surface area contributed by atoms with Crippen molar-refractivity contribution >= 4 is 12.0 Å². The number of amides is 2. The van der Waals surface area contributed by atoms with Gasteiger partial charge in [-0.3, -0.25) is 4.79 Å². The van der Waals surface area contributed by atoms with E-state index in [1.807, 2.05) is 0 Å². The molecule has 1 N–H and O–H groups in total. The summed E-state index contributed by atoms with van der Waals surface area (Å²) in [6.45, 7) is 7.01. The van der Waals surface area contributed by atoms with Crippen molar-refractivity contribution in [3.05, 3.63) is 17.5 Å². The van der Waals surface area contributed by atoms with Crippen LogP contribution >= 0.6 is 0 Å². The van der Waals surface area contributed by atoms with E-state index in [1.165, 1.54) is 0 Å². The van der Waals surface area contributed by atoms with Crippen molar-refractivity contribution in [3.63, 3.8) is 0 Å². The smallest absolute Gasteiger partial charge is 0.408 e. The topological polar surface area (TPSA) is 84.7 Å². The maximum absolute atomic E-state index is 12.1. The number of carbonyl (C=O) groups excluding carboxylic acids is 2. The Hall–Kier alpha value is -2.05. The van der Waals surface area contributed by atoms with E-state index in [2.05, 4.69) is 10.5 Å². The zero-order valence-corrected chi connectivity index (χ0v) is 12.6. The number of ether oxygens (including phenoxy) is 1. The van der Waals surface area contributed by atoms with Gasteiger partial charge in [-0.1, -0.05) is 5.16 Å². The Morgan fingerprint density at radius 1 is 1.38 bits per heavy atom. The van der Waals surface area contributed by atoms with Crippen LogP contribution in [0.1, 0.15) is 49.9 Å². The number of aromatic nitrogens is 1. The van der Waals surface area contributed by atoms with Gasteiger partial charge in [0.25, 0.3) is 5.91 Å². The average Bonchev–Trinajstić information content (AvgIpc) is 3.05. The minimum Gasteiger partial charge on any atom is -0.444 e. The Labute approximate surface area is 123 Å². The molecule has 1 aromatic rings. The van der Waals surface area contributed by atoms with Gasteiger partial charge in [0.15, 0.2) is 11.5 Å². The van der Waals surface area contributed by atoms with E-state index in [0.717, 1.165) is 25.9 Å². The number of rotatable bonds is 3. The summed E-state index contributed by atoms with van der Waals surface area (Å²) in [5.74, 6) is 0.295. The van der Waals surface area contributed by atoms with Crippen LogP contribution in [0.5, 0.6) is 0 Å². The van der Waals surface area contributed by atoms with Crippen LogP contribution in [0.25, 0.3) is 0 Å². The highest BCUT2D eigenvalue weighted by Crippen LogP contribution is 2.13. The molecule has 2 amide bonds. The summed E-state index contributed by atoms with van der Waals surface area (Å²) in [5, 5.41) is 6.31. The number of hydrogen-bond donors (Lipinski definition) is 1. The summed E-state index contributed by atoms with van der Waals surface area (Å²) in [4.78, 5) is 25.3. The zero-order valence-electron chi connectivity index (χ0n) is 12.6. The molecule has 0 radical (unpaired) electrons. The molecule has 0 saturated carbocycles. The molecule has 7 heteroatoms. The zero-order chi connectivity index (χ0) is 15.5. The van der Waals surface area contributed by atoms with Crippen LogP contribution in [0.15, 0.2) is 10.6 Å². The van der Waals surface area contributed by atoms with Gasteiger partial charge < -0.3 is 19.5 Å². The summed E-state index contributed by atoms with van der Waals surface area (Å²) < 4.78 is 10.2. The first-order valence-electron chi connectivity index (χ1n) is 7.07. The highest BCUT2D eigenvalue weighted by Gasteiger charge is 2.23. The maximum atomic E-state index is 12.1. The molecule has 116 valence electrons. The largest absolute Gasteiger partial charge is 0.444 e. The molecule has 1 fully saturated rings. The van der Waals surface area contributed by atoms with E-state index in [1.54, 1.807) is 31.7 Å². The Balaban J connectivity index is 1.85. The van der Waals surface area contributed by atoms with Gasteiger partial charge in [0.2, 0.25) is 0 Å². The molecule has 0 aliphatic carbocycles. The first-order chi connectivity index (χ1) is 9.85. The molecule has 0 bridgehead atoms. The molecule has 7 nitrogen and oxygen atoms in total.